The van der Waals surface area contributed by atoms with Gasteiger partial charge in [-0.1, -0.05) is 12.5 Å². The molecular formula is C20H24F2N4. The highest BCUT2D eigenvalue weighted by Crippen LogP contribution is 2.32. The number of likely N-dealkylation sites (N-methyl/N-ethyl adjacent to an activating group) is 1. The minimum Gasteiger partial charge on any atom is -0.354 e. The molecular weight excluding hydrogens is 334 g/mol. The molecule has 138 valence electrons. The Labute approximate surface area is 152 Å². The second kappa shape index (κ2) is 7.27. The maximum absolute atomic E-state index is 14.3. The third-order valence-electron chi connectivity index (χ3n) is 5.40. The first-order valence-corrected chi connectivity index (χ1v) is 9.41. The molecule has 2 aromatic rings. The molecule has 6 heteroatoms. The zero-order valence-electron chi connectivity index (χ0n) is 15.1. The maximum Gasteiger partial charge on any atom is 0.167 e. The third-order valence-corrected chi connectivity index (χ3v) is 5.40. The normalized spacial score (nSPS) is 18.5. The summed E-state index contributed by atoms with van der Waals surface area (Å²) in [5.41, 5.74) is 2.02. The largest absolute Gasteiger partial charge is 0.354 e. The van der Waals surface area contributed by atoms with Crippen molar-refractivity contribution in [3.05, 3.63) is 41.1 Å². The molecule has 0 saturated carbocycles. The number of aromatic nitrogens is 2. The summed E-state index contributed by atoms with van der Waals surface area (Å²) in [6.07, 6.45) is 5.12. The first-order valence-electron chi connectivity index (χ1n) is 9.41. The zero-order valence-corrected chi connectivity index (χ0v) is 15.1. The lowest BCUT2D eigenvalue weighted by Crippen LogP contribution is -2.45. The van der Waals surface area contributed by atoms with E-state index in [1.165, 1.54) is 23.8 Å². The summed E-state index contributed by atoms with van der Waals surface area (Å²) in [6, 6.07) is 3.91. The SMILES string of the molecule is CN1CCN(c2nc(-c3c(F)cccc3F)nc3c2CCCCC3)CC1. The minimum atomic E-state index is -0.608. The Kier molecular flexibility index (Phi) is 4.85. The summed E-state index contributed by atoms with van der Waals surface area (Å²) >= 11 is 0. The van der Waals surface area contributed by atoms with Crippen molar-refractivity contribution in [3.8, 4) is 11.4 Å². The number of anilines is 1. The van der Waals surface area contributed by atoms with E-state index >= 15 is 0 Å². The van der Waals surface area contributed by atoms with Crippen LogP contribution in [0.4, 0.5) is 14.6 Å². The van der Waals surface area contributed by atoms with E-state index in [0.29, 0.717) is 0 Å². The lowest BCUT2D eigenvalue weighted by Gasteiger charge is -2.34. The van der Waals surface area contributed by atoms with E-state index in [0.717, 1.165) is 69.8 Å². The summed E-state index contributed by atoms with van der Waals surface area (Å²) in [5, 5.41) is 0. The smallest absolute Gasteiger partial charge is 0.167 e. The summed E-state index contributed by atoms with van der Waals surface area (Å²) in [4.78, 5) is 13.8. The van der Waals surface area contributed by atoms with Crippen molar-refractivity contribution >= 4 is 5.82 Å². The minimum absolute atomic E-state index is 0.116. The van der Waals surface area contributed by atoms with Crippen LogP contribution in [0.25, 0.3) is 11.4 Å². The van der Waals surface area contributed by atoms with Gasteiger partial charge in [-0.15, -0.1) is 0 Å². The van der Waals surface area contributed by atoms with Gasteiger partial charge in [0.05, 0.1) is 5.56 Å². The number of nitrogens with zero attached hydrogens (tertiary/aromatic N) is 4. The van der Waals surface area contributed by atoms with E-state index in [-0.39, 0.29) is 11.4 Å². The van der Waals surface area contributed by atoms with E-state index in [1.54, 1.807) is 0 Å². The van der Waals surface area contributed by atoms with E-state index in [4.69, 9.17) is 0 Å². The molecule has 0 amide bonds. The van der Waals surface area contributed by atoms with Crippen molar-refractivity contribution in [2.75, 3.05) is 38.1 Å². The first-order chi connectivity index (χ1) is 12.6. The molecule has 1 aromatic carbocycles. The molecule has 2 aliphatic rings. The van der Waals surface area contributed by atoms with Gasteiger partial charge in [0.15, 0.2) is 5.82 Å². The number of hydrogen-bond donors (Lipinski definition) is 0. The van der Waals surface area contributed by atoms with Crippen molar-refractivity contribution in [2.24, 2.45) is 0 Å². The summed E-state index contributed by atoms with van der Waals surface area (Å²) in [6.45, 7) is 3.67. The fourth-order valence-electron chi connectivity index (χ4n) is 3.85. The van der Waals surface area contributed by atoms with Gasteiger partial charge in [-0.2, -0.15) is 0 Å². The van der Waals surface area contributed by atoms with E-state index in [9.17, 15) is 8.78 Å². The van der Waals surface area contributed by atoms with Crippen LogP contribution in [-0.2, 0) is 12.8 Å². The Morgan fingerprint density at radius 2 is 1.58 bits per heavy atom. The summed E-state index contributed by atoms with van der Waals surface area (Å²) < 4.78 is 28.7. The molecule has 0 atom stereocenters. The average molecular weight is 358 g/mol. The highest BCUT2D eigenvalue weighted by Gasteiger charge is 2.25. The van der Waals surface area contributed by atoms with Gasteiger partial charge in [0.2, 0.25) is 0 Å². The third kappa shape index (κ3) is 3.30. The number of benzene rings is 1. The lowest BCUT2D eigenvalue weighted by atomic mass is 10.1. The fraction of sp³-hybridized carbons (Fsp3) is 0.500. The monoisotopic (exact) mass is 358 g/mol. The molecule has 0 N–H and O–H groups in total. The highest BCUT2D eigenvalue weighted by atomic mass is 19.1. The van der Waals surface area contributed by atoms with Gasteiger partial charge in [0.25, 0.3) is 0 Å². The van der Waals surface area contributed by atoms with Crippen LogP contribution in [-0.4, -0.2) is 48.1 Å². The van der Waals surface area contributed by atoms with Crippen LogP contribution in [0.1, 0.15) is 30.5 Å². The van der Waals surface area contributed by atoms with E-state index < -0.39 is 11.6 Å². The van der Waals surface area contributed by atoms with Crippen molar-refractivity contribution in [1.29, 1.82) is 0 Å². The zero-order chi connectivity index (χ0) is 18.1. The summed E-state index contributed by atoms with van der Waals surface area (Å²) in [7, 11) is 2.11. The fourth-order valence-corrected chi connectivity index (χ4v) is 3.85. The van der Waals surface area contributed by atoms with Gasteiger partial charge in [0.1, 0.15) is 17.5 Å². The Bertz CT molecular complexity index is 780. The van der Waals surface area contributed by atoms with Gasteiger partial charge in [-0.05, 0) is 44.9 Å². The molecule has 26 heavy (non-hydrogen) atoms. The number of halogens is 2. The molecule has 4 nitrogen and oxygen atoms in total. The molecule has 1 saturated heterocycles. The van der Waals surface area contributed by atoms with Crippen molar-refractivity contribution in [3.63, 3.8) is 0 Å². The van der Waals surface area contributed by atoms with Gasteiger partial charge in [-0.25, -0.2) is 18.7 Å². The topological polar surface area (TPSA) is 32.3 Å². The predicted molar refractivity (Wildman–Crippen MR) is 98.4 cm³/mol. The molecule has 2 heterocycles. The number of fused-ring (bicyclic) bond motifs is 1. The van der Waals surface area contributed by atoms with Crippen LogP contribution >= 0.6 is 0 Å². The number of rotatable bonds is 2. The van der Waals surface area contributed by atoms with Crippen LogP contribution in [0, 0.1) is 11.6 Å². The molecule has 0 bridgehead atoms. The van der Waals surface area contributed by atoms with Crippen molar-refractivity contribution in [2.45, 2.75) is 32.1 Å². The van der Waals surface area contributed by atoms with Crippen LogP contribution in [0.3, 0.4) is 0 Å². The van der Waals surface area contributed by atoms with Crippen LogP contribution < -0.4 is 4.90 Å². The number of hydrogen-bond acceptors (Lipinski definition) is 4. The number of piperazine rings is 1. The van der Waals surface area contributed by atoms with Crippen LogP contribution in [0.5, 0.6) is 0 Å². The molecule has 1 aliphatic heterocycles. The van der Waals surface area contributed by atoms with Gasteiger partial charge < -0.3 is 9.80 Å². The Hall–Kier alpha value is -2.08. The molecule has 4 rings (SSSR count). The average Bonchev–Trinajstić information content (AvgIpc) is 2.87. The van der Waals surface area contributed by atoms with Crippen molar-refractivity contribution < 1.29 is 8.78 Å². The molecule has 1 fully saturated rings. The van der Waals surface area contributed by atoms with E-state index in [2.05, 4.69) is 26.8 Å². The molecule has 0 radical (unpaired) electrons. The van der Waals surface area contributed by atoms with Gasteiger partial charge >= 0.3 is 0 Å². The standard InChI is InChI=1S/C20H24F2N4/c1-25-10-12-26(13-11-25)20-14-6-3-2-4-9-17(14)23-19(24-20)18-15(21)7-5-8-16(18)22/h5,7-8H,2-4,6,9-13H2,1H3. The number of aryl methyl sites for hydroxylation is 1. The van der Waals surface area contributed by atoms with Gasteiger partial charge in [0, 0.05) is 37.4 Å². The first kappa shape index (κ1) is 17.3. The molecule has 1 aliphatic carbocycles. The second-order valence-corrected chi connectivity index (χ2v) is 7.24. The van der Waals surface area contributed by atoms with E-state index in [1.807, 2.05) is 0 Å². The Balaban J connectivity index is 1.84. The molecule has 1 aromatic heterocycles. The Morgan fingerprint density at radius 3 is 2.31 bits per heavy atom. The van der Waals surface area contributed by atoms with Gasteiger partial charge in [-0.3, -0.25) is 0 Å². The second-order valence-electron chi connectivity index (χ2n) is 7.24. The quantitative estimate of drug-likeness (QED) is 0.770. The maximum atomic E-state index is 14.3. The highest BCUT2D eigenvalue weighted by molar-refractivity contribution is 5.62. The van der Waals surface area contributed by atoms with Crippen LogP contribution in [0.15, 0.2) is 18.2 Å². The summed E-state index contributed by atoms with van der Waals surface area (Å²) in [5.74, 6) is -0.163. The molecule has 0 unspecified atom stereocenters. The van der Waals surface area contributed by atoms with Crippen LogP contribution in [0.2, 0.25) is 0 Å². The van der Waals surface area contributed by atoms with Crippen molar-refractivity contribution in [1.82, 2.24) is 14.9 Å². The molecule has 0 spiro atoms. The predicted octanol–water partition coefficient (Wildman–Crippen LogP) is 3.44. The lowest BCUT2D eigenvalue weighted by molar-refractivity contribution is 0.311. The Morgan fingerprint density at radius 1 is 0.885 bits per heavy atom.